The summed E-state index contributed by atoms with van der Waals surface area (Å²) in [5.74, 6) is 0. The summed E-state index contributed by atoms with van der Waals surface area (Å²) in [6, 6.07) is 74.9. The molecule has 0 fully saturated rings. The van der Waals surface area contributed by atoms with Gasteiger partial charge in [-0.15, -0.1) is 0 Å². The Morgan fingerprint density at radius 1 is 0.292 bits per heavy atom. The van der Waals surface area contributed by atoms with Gasteiger partial charge in [0.05, 0.1) is 11.4 Å². The standard InChI is InChI=1S/C60H39BN4/c1-62-52-26-13-11-24-48(52)57-59(62)61-56-54(64(57)36-30-32-46-42-20-5-3-16-38(42)40-18-7-9-22-44(40)50(46)34-36)28-15-29-55(56)65(58-49-25-12-14-27-53(49)63(2)60(58)61)37-31-33-47-43-21-6-4-17-39(43)41-19-8-10-23-45(41)51(47)35-37/h3-35H,1-2H3. The lowest BCUT2D eigenvalue weighted by molar-refractivity contribution is 0.982. The first kappa shape index (κ1) is 35.2. The third-order valence-corrected chi connectivity index (χ3v) is 15.0. The number of hydrogen-bond acceptors (Lipinski definition) is 2. The lowest BCUT2D eigenvalue weighted by Gasteiger charge is -2.43. The summed E-state index contributed by atoms with van der Waals surface area (Å²) in [7, 11) is 4.56. The number of rotatable bonds is 2. The van der Waals surface area contributed by atoms with Crippen molar-refractivity contribution in [1.82, 2.24) is 9.13 Å². The Bertz CT molecular complexity index is 3910. The fourth-order valence-corrected chi connectivity index (χ4v) is 12.4. The van der Waals surface area contributed by atoms with Crippen molar-refractivity contribution < 1.29 is 0 Å². The van der Waals surface area contributed by atoms with Gasteiger partial charge in [-0.05, 0) is 119 Å². The van der Waals surface area contributed by atoms with Crippen molar-refractivity contribution in [3.63, 3.8) is 0 Å². The molecule has 0 saturated heterocycles. The third-order valence-electron chi connectivity index (χ3n) is 15.0. The molecule has 15 rings (SSSR count). The Labute approximate surface area is 375 Å². The molecule has 0 aliphatic carbocycles. The fourth-order valence-electron chi connectivity index (χ4n) is 12.4. The fraction of sp³-hybridized carbons (Fsp3) is 0.0333. The minimum atomic E-state index is -0.0380. The molecule has 4 heterocycles. The van der Waals surface area contributed by atoms with Crippen LogP contribution in [0.2, 0.25) is 0 Å². The van der Waals surface area contributed by atoms with Gasteiger partial charge < -0.3 is 18.9 Å². The molecule has 0 saturated carbocycles. The zero-order valence-corrected chi connectivity index (χ0v) is 35.9. The first-order valence-electron chi connectivity index (χ1n) is 22.7. The second-order valence-electron chi connectivity index (χ2n) is 18.1. The highest BCUT2D eigenvalue weighted by Crippen LogP contribution is 2.50. The summed E-state index contributed by atoms with van der Waals surface area (Å²) in [4.78, 5) is 5.17. The highest BCUT2D eigenvalue weighted by Gasteiger charge is 2.48. The van der Waals surface area contributed by atoms with Gasteiger partial charge in [0.1, 0.15) is 0 Å². The summed E-state index contributed by atoms with van der Waals surface area (Å²) in [5, 5.41) is 17.8. The number of anilines is 6. The molecule has 0 spiro atoms. The predicted octanol–water partition coefficient (Wildman–Crippen LogP) is 13.7. The number of benzene rings is 11. The third kappa shape index (κ3) is 4.47. The van der Waals surface area contributed by atoms with E-state index in [1.165, 1.54) is 126 Å². The van der Waals surface area contributed by atoms with Crippen molar-refractivity contribution >= 4 is 144 Å². The van der Waals surface area contributed by atoms with Gasteiger partial charge in [0, 0.05) is 69.8 Å². The average Bonchev–Trinajstić information content (AvgIpc) is 3.83. The van der Waals surface area contributed by atoms with Crippen LogP contribution >= 0.6 is 0 Å². The Morgan fingerprint density at radius 2 is 0.600 bits per heavy atom. The molecule has 2 aromatic heterocycles. The maximum absolute atomic E-state index is 2.59. The molecule has 0 unspecified atom stereocenters. The molecule has 65 heavy (non-hydrogen) atoms. The Morgan fingerprint density at radius 3 is 0.969 bits per heavy atom. The Hall–Kier alpha value is -8.28. The topological polar surface area (TPSA) is 16.3 Å². The molecule has 5 heteroatoms. The summed E-state index contributed by atoms with van der Waals surface area (Å²) in [6.07, 6.45) is 0. The Kier molecular flexibility index (Phi) is 6.87. The predicted molar refractivity (Wildman–Crippen MR) is 278 cm³/mol. The molecule has 13 aromatic rings. The molecule has 0 bridgehead atoms. The molecule has 0 radical (unpaired) electrons. The zero-order chi connectivity index (χ0) is 42.7. The molecule has 4 nitrogen and oxygen atoms in total. The summed E-state index contributed by atoms with van der Waals surface area (Å²) in [5.41, 5.74) is 13.6. The van der Waals surface area contributed by atoms with Crippen LogP contribution in [-0.2, 0) is 14.1 Å². The normalized spacial score (nSPS) is 13.3. The molecule has 302 valence electrons. The molecule has 11 aromatic carbocycles. The van der Waals surface area contributed by atoms with Crippen LogP contribution in [-0.4, -0.2) is 15.8 Å². The van der Waals surface area contributed by atoms with Crippen LogP contribution in [0.1, 0.15) is 0 Å². The summed E-state index contributed by atoms with van der Waals surface area (Å²) < 4.78 is 4.97. The Balaban J connectivity index is 1.06. The van der Waals surface area contributed by atoms with Gasteiger partial charge in [0.15, 0.2) is 0 Å². The number of fused-ring (bicyclic) bond motifs is 20. The highest BCUT2D eigenvalue weighted by molar-refractivity contribution is 7.00. The largest absolute Gasteiger partial charge is 0.353 e. The van der Waals surface area contributed by atoms with Crippen LogP contribution in [0.4, 0.5) is 34.1 Å². The van der Waals surface area contributed by atoms with E-state index < -0.39 is 0 Å². The minimum Gasteiger partial charge on any atom is -0.353 e. The number of para-hydroxylation sites is 2. The van der Waals surface area contributed by atoms with E-state index in [0.29, 0.717) is 0 Å². The van der Waals surface area contributed by atoms with E-state index in [-0.39, 0.29) is 6.71 Å². The number of nitrogens with zero attached hydrogens (tertiary/aromatic N) is 4. The van der Waals surface area contributed by atoms with Crippen molar-refractivity contribution in [2.75, 3.05) is 9.80 Å². The van der Waals surface area contributed by atoms with E-state index in [4.69, 9.17) is 0 Å². The van der Waals surface area contributed by atoms with Crippen LogP contribution in [0.5, 0.6) is 0 Å². The quantitative estimate of drug-likeness (QED) is 0.128. The van der Waals surface area contributed by atoms with E-state index in [2.05, 4.69) is 233 Å². The number of aromatic nitrogens is 2. The average molecular weight is 827 g/mol. The van der Waals surface area contributed by atoms with E-state index in [1.54, 1.807) is 0 Å². The lowest BCUT2D eigenvalue weighted by Crippen LogP contribution is -2.64. The van der Waals surface area contributed by atoms with Gasteiger partial charge in [-0.2, -0.15) is 0 Å². The minimum absolute atomic E-state index is 0.0380. The van der Waals surface area contributed by atoms with Crippen LogP contribution in [0.25, 0.3) is 86.4 Å². The second-order valence-corrected chi connectivity index (χ2v) is 18.1. The van der Waals surface area contributed by atoms with Crippen LogP contribution in [0.15, 0.2) is 200 Å². The van der Waals surface area contributed by atoms with Crippen molar-refractivity contribution in [2.45, 2.75) is 0 Å². The van der Waals surface area contributed by atoms with Crippen molar-refractivity contribution in [2.24, 2.45) is 14.1 Å². The molecule has 0 N–H and O–H groups in total. The maximum atomic E-state index is 2.59. The molecule has 2 aliphatic heterocycles. The first-order valence-corrected chi connectivity index (χ1v) is 22.7. The smallest absolute Gasteiger partial charge is 0.292 e. The van der Waals surface area contributed by atoms with Gasteiger partial charge in [0.25, 0.3) is 6.71 Å². The molecule has 0 amide bonds. The van der Waals surface area contributed by atoms with Gasteiger partial charge in [-0.3, -0.25) is 0 Å². The summed E-state index contributed by atoms with van der Waals surface area (Å²) >= 11 is 0. The molecular formula is C60H39BN4. The van der Waals surface area contributed by atoms with E-state index in [9.17, 15) is 0 Å². The molecule has 0 atom stereocenters. The van der Waals surface area contributed by atoms with Crippen LogP contribution < -0.4 is 26.4 Å². The van der Waals surface area contributed by atoms with Crippen LogP contribution in [0.3, 0.4) is 0 Å². The van der Waals surface area contributed by atoms with Crippen molar-refractivity contribution in [3.8, 4) is 0 Å². The number of hydrogen-bond donors (Lipinski definition) is 0. The van der Waals surface area contributed by atoms with Gasteiger partial charge in [-0.25, -0.2) is 0 Å². The SMILES string of the molecule is Cn1c2c(c3ccccc31)N(c1ccc3c4ccccc4c4ccccc4c3c1)c1cccc3c1B2c1c(c2ccccc2n1C)N3c1ccc2c3ccccc3c3ccccc3c2c1. The zero-order valence-electron chi connectivity index (χ0n) is 35.9. The maximum Gasteiger partial charge on any atom is 0.292 e. The van der Waals surface area contributed by atoms with E-state index in [1.807, 2.05) is 0 Å². The second kappa shape index (κ2) is 12.7. The monoisotopic (exact) mass is 826 g/mol. The summed E-state index contributed by atoms with van der Waals surface area (Å²) in [6.45, 7) is -0.0380. The van der Waals surface area contributed by atoms with Crippen molar-refractivity contribution in [3.05, 3.63) is 200 Å². The highest BCUT2D eigenvalue weighted by atomic mass is 15.2. The van der Waals surface area contributed by atoms with E-state index in [0.717, 1.165) is 11.4 Å². The molecular weight excluding hydrogens is 787 g/mol. The molecule has 2 aliphatic rings. The van der Waals surface area contributed by atoms with Crippen molar-refractivity contribution in [1.29, 1.82) is 0 Å². The number of aryl methyl sites for hydroxylation is 2. The first-order chi connectivity index (χ1) is 32.1. The van der Waals surface area contributed by atoms with E-state index >= 15 is 0 Å². The van der Waals surface area contributed by atoms with Gasteiger partial charge in [0.2, 0.25) is 0 Å². The van der Waals surface area contributed by atoms with Crippen LogP contribution in [0, 0.1) is 0 Å². The van der Waals surface area contributed by atoms with Gasteiger partial charge >= 0.3 is 0 Å². The van der Waals surface area contributed by atoms with Gasteiger partial charge in [-0.1, -0.05) is 152 Å². The lowest BCUT2D eigenvalue weighted by atomic mass is 9.36.